The molecule has 0 aliphatic heterocycles. The fourth-order valence-electron chi connectivity index (χ4n) is 3.93. The third-order valence-electron chi connectivity index (χ3n) is 6.05. The topological polar surface area (TPSA) is 132 Å². The third kappa shape index (κ3) is 5.48. The number of hydrogen-bond donors (Lipinski definition) is 2. The van der Waals surface area contributed by atoms with Crippen LogP contribution in [0, 0.1) is 12.8 Å². The van der Waals surface area contributed by atoms with E-state index in [2.05, 4.69) is 20.0 Å². The molecular weight excluding hydrogens is 530 g/mol. The minimum Gasteiger partial charge on any atom is -0.480 e. The molecular formula is C26H26ClN5O5S. The molecule has 38 heavy (non-hydrogen) atoms. The molecule has 1 amide bonds. The molecule has 198 valence electrons. The molecule has 2 aromatic carbocycles. The number of sulfonamides is 1. The lowest BCUT2D eigenvalue weighted by molar-refractivity contribution is -0.124. The molecule has 1 atom stereocenters. The SMILES string of the molecule is CNC(=O)C(C)Cn1cnc2ccc(-c3cnc(OC)c(NS(=O)(=O)c4ccc(Cl)c(C)c4)c3)cc2c1=O. The van der Waals surface area contributed by atoms with Crippen LogP contribution in [0.1, 0.15) is 12.5 Å². The van der Waals surface area contributed by atoms with Crippen molar-refractivity contribution in [3.63, 3.8) is 0 Å². The lowest BCUT2D eigenvalue weighted by Gasteiger charge is -2.14. The van der Waals surface area contributed by atoms with Crippen molar-refractivity contribution in [1.29, 1.82) is 0 Å². The van der Waals surface area contributed by atoms with Gasteiger partial charge in [0.1, 0.15) is 5.69 Å². The van der Waals surface area contributed by atoms with Gasteiger partial charge in [0.05, 0.1) is 35.2 Å². The molecule has 0 bridgehead atoms. The number of ether oxygens (including phenoxy) is 1. The lowest BCUT2D eigenvalue weighted by Crippen LogP contribution is -2.32. The number of pyridine rings is 1. The fourth-order valence-corrected chi connectivity index (χ4v) is 5.18. The Kier molecular flexibility index (Phi) is 7.70. The summed E-state index contributed by atoms with van der Waals surface area (Å²) in [4.78, 5) is 33.7. The molecule has 0 saturated carbocycles. The Labute approximate surface area is 224 Å². The molecule has 0 saturated heterocycles. The van der Waals surface area contributed by atoms with E-state index in [0.29, 0.717) is 32.6 Å². The van der Waals surface area contributed by atoms with Gasteiger partial charge in [-0.05, 0) is 54.4 Å². The molecule has 0 fully saturated rings. The Morgan fingerprint density at radius 3 is 2.58 bits per heavy atom. The Morgan fingerprint density at radius 1 is 1.13 bits per heavy atom. The first-order chi connectivity index (χ1) is 18.0. The monoisotopic (exact) mass is 555 g/mol. The first kappa shape index (κ1) is 27.1. The number of halogens is 1. The second kappa shape index (κ2) is 10.8. The summed E-state index contributed by atoms with van der Waals surface area (Å²) in [6, 6.07) is 11.1. The fraction of sp³-hybridized carbons (Fsp3) is 0.231. The molecule has 12 heteroatoms. The Balaban J connectivity index is 1.73. The lowest BCUT2D eigenvalue weighted by atomic mass is 10.0. The van der Waals surface area contributed by atoms with Gasteiger partial charge in [-0.3, -0.25) is 18.9 Å². The highest BCUT2D eigenvalue weighted by Gasteiger charge is 2.19. The summed E-state index contributed by atoms with van der Waals surface area (Å²) < 4.78 is 35.4. The number of carbonyl (C=O) groups is 1. The maximum absolute atomic E-state index is 13.2. The van der Waals surface area contributed by atoms with Crippen LogP contribution in [0.4, 0.5) is 5.69 Å². The summed E-state index contributed by atoms with van der Waals surface area (Å²) >= 11 is 6.04. The van der Waals surface area contributed by atoms with E-state index >= 15 is 0 Å². The number of methoxy groups -OCH3 is 1. The average molecular weight is 556 g/mol. The molecule has 2 heterocycles. The summed E-state index contributed by atoms with van der Waals surface area (Å²) in [5.41, 5.74) is 2.10. The summed E-state index contributed by atoms with van der Waals surface area (Å²) in [5, 5.41) is 3.38. The number of anilines is 1. The van der Waals surface area contributed by atoms with Gasteiger partial charge in [-0.25, -0.2) is 18.4 Å². The van der Waals surface area contributed by atoms with Crippen LogP contribution in [0.25, 0.3) is 22.0 Å². The van der Waals surface area contributed by atoms with Gasteiger partial charge >= 0.3 is 0 Å². The van der Waals surface area contributed by atoms with E-state index in [9.17, 15) is 18.0 Å². The van der Waals surface area contributed by atoms with Gasteiger partial charge in [0.2, 0.25) is 11.8 Å². The Hall–Kier alpha value is -3.96. The van der Waals surface area contributed by atoms with Crippen LogP contribution < -0.4 is 20.3 Å². The molecule has 0 radical (unpaired) electrons. The molecule has 2 N–H and O–H groups in total. The summed E-state index contributed by atoms with van der Waals surface area (Å²) in [6.45, 7) is 3.61. The standard InChI is InChI=1S/C26H26ClN5O5S/c1-15-9-19(6-7-21(15)27)38(35,36)31-23-11-18(12-29-25(23)37-4)17-5-8-22-20(10-17)26(34)32(14-30-22)13-16(2)24(33)28-3/h5-12,14,16,31H,13H2,1-4H3,(H,28,33). The quantitative estimate of drug-likeness (QED) is 0.339. The molecule has 0 aliphatic rings. The van der Waals surface area contributed by atoms with Crippen LogP contribution in [0.5, 0.6) is 5.88 Å². The van der Waals surface area contributed by atoms with Crippen molar-refractivity contribution in [2.45, 2.75) is 25.3 Å². The van der Waals surface area contributed by atoms with Crippen LogP contribution >= 0.6 is 11.6 Å². The van der Waals surface area contributed by atoms with Crippen LogP contribution in [0.3, 0.4) is 0 Å². The molecule has 2 aromatic heterocycles. The number of amides is 1. The van der Waals surface area contributed by atoms with Gasteiger partial charge in [0, 0.05) is 30.4 Å². The highest BCUT2D eigenvalue weighted by atomic mass is 35.5. The van der Waals surface area contributed by atoms with E-state index in [1.165, 1.54) is 42.4 Å². The molecule has 10 nitrogen and oxygen atoms in total. The van der Waals surface area contributed by atoms with E-state index in [1.807, 2.05) is 0 Å². The number of aromatic nitrogens is 3. The van der Waals surface area contributed by atoms with Crippen LogP contribution in [0.2, 0.25) is 5.02 Å². The second-order valence-electron chi connectivity index (χ2n) is 8.75. The van der Waals surface area contributed by atoms with E-state index in [4.69, 9.17) is 16.3 Å². The zero-order chi connectivity index (χ0) is 27.6. The molecule has 4 rings (SSSR count). The maximum Gasteiger partial charge on any atom is 0.262 e. The Bertz CT molecular complexity index is 1700. The van der Waals surface area contributed by atoms with Crippen molar-refractivity contribution in [3.05, 3.63) is 75.9 Å². The third-order valence-corrected chi connectivity index (χ3v) is 7.84. The summed E-state index contributed by atoms with van der Waals surface area (Å²) in [6.07, 6.45) is 2.94. The van der Waals surface area contributed by atoms with E-state index in [0.717, 1.165) is 0 Å². The van der Waals surface area contributed by atoms with Crippen molar-refractivity contribution >= 4 is 44.1 Å². The van der Waals surface area contributed by atoms with E-state index in [1.54, 1.807) is 45.2 Å². The second-order valence-corrected chi connectivity index (χ2v) is 10.8. The van der Waals surface area contributed by atoms with Gasteiger partial charge in [-0.15, -0.1) is 0 Å². The van der Waals surface area contributed by atoms with Crippen LogP contribution in [0.15, 0.2) is 64.7 Å². The van der Waals surface area contributed by atoms with Gasteiger partial charge in [-0.1, -0.05) is 24.6 Å². The van der Waals surface area contributed by atoms with E-state index < -0.39 is 15.9 Å². The number of benzene rings is 2. The minimum absolute atomic E-state index is 0.0372. The van der Waals surface area contributed by atoms with Crippen molar-refractivity contribution in [1.82, 2.24) is 19.9 Å². The zero-order valence-corrected chi connectivity index (χ0v) is 22.7. The van der Waals surface area contributed by atoms with Gasteiger partial charge in [-0.2, -0.15) is 0 Å². The highest BCUT2D eigenvalue weighted by molar-refractivity contribution is 7.92. The molecule has 0 aliphatic carbocycles. The normalized spacial score (nSPS) is 12.2. The van der Waals surface area contributed by atoms with Gasteiger partial charge in [0.25, 0.3) is 15.6 Å². The highest BCUT2D eigenvalue weighted by Crippen LogP contribution is 2.31. The number of nitrogens with one attached hydrogen (secondary N) is 2. The number of aryl methyl sites for hydroxylation is 1. The Morgan fingerprint density at radius 2 is 1.89 bits per heavy atom. The van der Waals surface area contributed by atoms with Crippen molar-refractivity contribution in [2.24, 2.45) is 5.92 Å². The number of hydrogen-bond acceptors (Lipinski definition) is 7. The molecule has 4 aromatic rings. The number of fused-ring (bicyclic) bond motifs is 1. The first-order valence-electron chi connectivity index (χ1n) is 11.6. The predicted octanol–water partition coefficient (Wildman–Crippen LogP) is 3.61. The largest absolute Gasteiger partial charge is 0.480 e. The van der Waals surface area contributed by atoms with Crippen molar-refractivity contribution in [2.75, 3.05) is 18.9 Å². The first-order valence-corrected chi connectivity index (χ1v) is 13.4. The summed E-state index contributed by atoms with van der Waals surface area (Å²) in [7, 11) is -1.05. The van der Waals surface area contributed by atoms with Crippen molar-refractivity contribution in [3.8, 4) is 17.0 Å². The zero-order valence-electron chi connectivity index (χ0n) is 21.1. The number of rotatable bonds is 8. The predicted molar refractivity (Wildman–Crippen MR) is 146 cm³/mol. The number of nitrogens with zero attached hydrogens (tertiary/aromatic N) is 3. The van der Waals surface area contributed by atoms with Crippen molar-refractivity contribution < 1.29 is 17.9 Å². The number of carbonyl (C=O) groups excluding carboxylic acids is 1. The van der Waals surface area contributed by atoms with Gasteiger partial charge < -0.3 is 10.1 Å². The van der Waals surface area contributed by atoms with Crippen LogP contribution in [-0.2, 0) is 21.4 Å². The average Bonchev–Trinajstić information content (AvgIpc) is 2.90. The summed E-state index contributed by atoms with van der Waals surface area (Å²) in [5.74, 6) is -0.527. The smallest absolute Gasteiger partial charge is 0.262 e. The molecule has 1 unspecified atom stereocenters. The van der Waals surface area contributed by atoms with Crippen LogP contribution in [-0.4, -0.2) is 43.0 Å². The molecule has 0 spiro atoms. The van der Waals surface area contributed by atoms with Gasteiger partial charge in [0.15, 0.2) is 0 Å². The minimum atomic E-state index is -3.98. The maximum atomic E-state index is 13.2. The van der Waals surface area contributed by atoms with E-state index in [-0.39, 0.29) is 34.5 Å².